The molecule has 0 aliphatic carbocycles. The molecular weight excluding hydrogens is 294 g/mol. The van der Waals surface area contributed by atoms with Gasteiger partial charge in [-0.1, -0.05) is 11.6 Å². The second kappa shape index (κ2) is 6.30. The van der Waals surface area contributed by atoms with Crippen LogP contribution in [0.2, 0.25) is 5.02 Å². The summed E-state index contributed by atoms with van der Waals surface area (Å²) in [5.74, 6) is 0. The van der Waals surface area contributed by atoms with Crippen molar-refractivity contribution in [3.63, 3.8) is 0 Å². The molecule has 0 spiro atoms. The van der Waals surface area contributed by atoms with E-state index in [0.29, 0.717) is 10.6 Å². The molecule has 2 aromatic carbocycles. The van der Waals surface area contributed by atoms with Gasteiger partial charge in [0.05, 0.1) is 29.2 Å². The Balaban J connectivity index is 1.87. The molecule has 0 bridgehead atoms. The van der Waals surface area contributed by atoms with Crippen LogP contribution in [0.4, 0.5) is 5.69 Å². The van der Waals surface area contributed by atoms with E-state index < -0.39 is 0 Å². The minimum atomic E-state index is 0.628. The second-order valence-electron chi connectivity index (χ2n) is 4.70. The fraction of sp³-hybridized carbons (Fsp3) is 0. The van der Waals surface area contributed by atoms with E-state index in [1.807, 2.05) is 59.3 Å². The highest BCUT2D eigenvalue weighted by atomic mass is 35.5. The smallest absolute Gasteiger partial charge is 0.0991 e. The Morgan fingerprint density at radius 1 is 1.00 bits per heavy atom. The summed E-state index contributed by atoms with van der Waals surface area (Å²) in [7, 11) is 0. The van der Waals surface area contributed by atoms with Gasteiger partial charge in [0.15, 0.2) is 0 Å². The van der Waals surface area contributed by atoms with Crippen LogP contribution < -0.4 is 0 Å². The van der Waals surface area contributed by atoms with Crippen molar-refractivity contribution >= 4 is 23.5 Å². The van der Waals surface area contributed by atoms with Crippen LogP contribution in [0.1, 0.15) is 11.3 Å². The van der Waals surface area contributed by atoms with E-state index in [0.717, 1.165) is 17.1 Å². The molecule has 0 N–H and O–H groups in total. The number of hydrogen-bond donors (Lipinski definition) is 0. The first-order valence-electron chi connectivity index (χ1n) is 6.74. The number of halogens is 1. The zero-order valence-corrected chi connectivity index (χ0v) is 12.4. The molecule has 3 aromatic rings. The van der Waals surface area contributed by atoms with Crippen LogP contribution >= 0.6 is 11.6 Å². The van der Waals surface area contributed by atoms with E-state index in [2.05, 4.69) is 11.1 Å². The van der Waals surface area contributed by atoms with Gasteiger partial charge in [-0.25, -0.2) is 0 Å². The molecule has 0 radical (unpaired) electrons. The molecule has 0 unspecified atom stereocenters. The molecule has 0 fully saturated rings. The van der Waals surface area contributed by atoms with Crippen molar-refractivity contribution in [1.82, 2.24) is 4.57 Å². The maximum Gasteiger partial charge on any atom is 0.0991 e. The number of rotatable bonds is 3. The van der Waals surface area contributed by atoms with Gasteiger partial charge >= 0.3 is 0 Å². The Labute approximate surface area is 133 Å². The van der Waals surface area contributed by atoms with Gasteiger partial charge in [0.1, 0.15) is 0 Å². The van der Waals surface area contributed by atoms with Crippen molar-refractivity contribution in [1.29, 1.82) is 5.26 Å². The summed E-state index contributed by atoms with van der Waals surface area (Å²) >= 11 is 5.92. The van der Waals surface area contributed by atoms with Crippen LogP contribution in [0, 0.1) is 11.3 Å². The summed E-state index contributed by atoms with van der Waals surface area (Å²) in [6.07, 6.45) is 3.78. The van der Waals surface area contributed by atoms with Crippen LogP contribution in [0.15, 0.2) is 71.9 Å². The summed E-state index contributed by atoms with van der Waals surface area (Å²) in [5, 5.41) is 9.50. The zero-order chi connectivity index (χ0) is 15.4. The Kier molecular flexibility index (Phi) is 4.04. The fourth-order valence-corrected chi connectivity index (χ4v) is 2.22. The molecule has 0 aliphatic rings. The summed E-state index contributed by atoms with van der Waals surface area (Å²) in [4.78, 5) is 4.45. The minimum absolute atomic E-state index is 0.628. The van der Waals surface area contributed by atoms with E-state index >= 15 is 0 Å². The van der Waals surface area contributed by atoms with Gasteiger partial charge in [0.2, 0.25) is 0 Å². The van der Waals surface area contributed by atoms with Gasteiger partial charge in [0.25, 0.3) is 0 Å². The minimum Gasteiger partial charge on any atom is -0.316 e. The Bertz CT molecular complexity index is 837. The van der Waals surface area contributed by atoms with Gasteiger partial charge in [-0.2, -0.15) is 5.26 Å². The molecule has 3 rings (SSSR count). The monoisotopic (exact) mass is 305 g/mol. The topological polar surface area (TPSA) is 41.1 Å². The number of nitrogens with zero attached hydrogens (tertiary/aromatic N) is 3. The molecule has 0 atom stereocenters. The van der Waals surface area contributed by atoms with Crippen molar-refractivity contribution < 1.29 is 0 Å². The maximum atomic E-state index is 8.79. The highest BCUT2D eigenvalue weighted by Gasteiger charge is 2.01. The molecule has 4 heteroatoms. The predicted molar refractivity (Wildman–Crippen MR) is 89.2 cm³/mol. The molecule has 22 heavy (non-hydrogen) atoms. The lowest BCUT2D eigenvalue weighted by Crippen LogP contribution is -1.97. The van der Waals surface area contributed by atoms with Crippen molar-refractivity contribution in [2.24, 2.45) is 4.99 Å². The molecule has 1 heterocycles. The van der Waals surface area contributed by atoms with E-state index in [9.17, 15) is 0 Å². The van der Waals surface area contributed by atoms with Crippen LogP contribution in [-0.2, 0) is 0 Å². The van der Waals surface area contributed by atoms with Crippen LogP contribution in [0.25, 0.3) is 5.69 Å². The van der Waals surface area contributed by atoms with Crippen LogP contribution in [0.5, 0.6) is 0 Å². The second-order valence-corrected chi connectivity index (χ2v) is 5.13. The fourth-order valence-electron chi connectivity index (χ4n) is 2.10. The molecule has 0 saturated heterocycles. The van der Waals surface area contributed by atoms with Crippen molar-refractivity contribution in [3.05, 3.63) is 83.1 Å². The van der Waals surface area contributed by atoms with Crippen molar-refractivity contribution in [2.75, 3.05) is 0 Å². The quantitative estimate of drug-likeness (QED) is 0.644. The first kappa shape index (κ1) is 14.1. The van der Waals surface area contributed by atoms with Gasteiger partial charge in [-0.3, -0.25) is 4.99 Å². The third-order valence-electron chi connectivity index (χ3n) is 3.23. The number of nitriles is 1. The van der Waals surface area contributed by atoms with E-state index in [4.69, 9.17) is 16.9 Å². The highest BCUT2D eigenvalue weighted by Crippen LogP contribution is 2.17. The number of hydrogen-bond acceptors (Lipinski definition) is 2. The van der Waals surface area contributed by atoms with Gasteiger partial charge in [0, 0.05) is 16.9 Å². The average molecular weight is 306 g/mol. The largest absolute Gasteiger partial charge is 0.316 e. The van der Waals surface area contributed by atoms with Gasteiger partial charge in [-0.05, 0) is 60.7 Å². The standard InChI is InChI=1S/C18H12ClN3/c19-15-5-9-17(10-6-15)22-11-1-2-18(22)13-21-16-7-3-14(12-20)4-8-16/h1-11,13H. The molecule has 0 aliphatic heterocycles. The summed E-state index contributed by atoms with van der Waals surface area (Å²) in [6.45, 7) is 0. The lowest BCUT2D eigenvalue weighted by molar-refractivity contribution is 1.07. The average Bonchev–Trinajstić information content (AvgIpc) is 3.02. The molecule has 3 nitrogen and oxygen atoms in total. The number of aromatic nitrogens is 1. The lowest BCUT2D eigenvalue weighted by Gasteiger charge is -2.06. The first-order chi connectivity index (χ1) is 10.8. The zero-order valence-electron chi connectivity index (χ0n) is 11.6. The first-order valence-corrected chi connectivity index (χ1v) is 7.11. The molecule has 0 saturated carbocycles. The summed E-state index contributed by atoms with van der Waals surface area (Å²) in [5.41, 5.74) is 3.42. The number of aliphatic imine (C=N–C) groups is 1. The van der Waals surface area contributed by atoms with Gasteiger partial charge < -0.3 is 4.57 Å². The van der Waals surface area contributed by atoms with E-state index in [1.54, 1.807) is 18.3 Å². The summed E-state index contributed by atoms with van der Waals surface area (Å²) in [6, 6.07) is 20.8. The maximum absolute atomic E-state index is 8.79. The van der Waals surface area contributed by atoms with Crippen molar-refractivity contribution in [2.45, 2.75) is 0 Å². The van der Waals surface area contributed by atoms with E-state index in [-0.39, 0.29) is 0 Å². The molecule has 0 amide bonds. The third kappa shape index (κ3) is 3.08. The number of benzene rings is 2. The summed E-state index contributed by atoms with van der Waals surface area (Å²) < 4.78 is 2.03. The normalized spacial score (nSPS) is 10.7. The van der Waals surface area contributed by atoms with Crippen LogP contribution in [0.3, 0.4) is 0 Å². The highest BCUT2D eigenvalue weighted by molar-refractivity contribution is 6.30. The Morgan fingerprint density at radius 3 is 2.41 bits per heavy atom. The molecule has 106 valence electrons. The Morgan fingerprint density at radius 2 is 1.73 bits per heavy atom. The third-order valence-corrected chi connectivity index (χ3v) is 3.48. The van der Waals surface area contributed by atoms with Crippen LogP contribution in [-0.4, -0.2) is 10.8 Å². The predicted octanol–water partition coefficient (Wildman–Crippen LogP) is 4.75. The SMILES string of the molecule is N#Cc1ccc(N=Cc2cccn2-c2ccc(Cl)cc2)cc1. The Hall–Kier alpha value is -2.83. The lowest BCUT2D eigenvalue weighted by atomic mass is 10.2. The molecule has 1 aromatic heterocycles. The van der Waals surface area contributed by atoms with Crippen molar-refractivity contribution in [3.8, 4) is 11.8 Å². The van der Waals surface area contributed by atoms with E-state index in [1.165, 1.54) is 0 Å². The molecular formula is C18H12ClN3. The van der Waals surface area contributed by atoms with Gasteiger partial charge in [-0.15, -0.1) is 0 Å².